The number of ketones is 1. The number of hydrogen-bond donors (Lipinski definition) is 0. The van der Waals surface area contributed by atoms with Crippen LogP contribution in [0.3, 0.4) is 0 Å². The number of halogens is 1. The monoisotopic (exact) mass is 460 g/mol. The number of fused-ring (bicyclic) bond motifs is 1. The number of aromatic nitrogens is 2. The van der Waals surface area contributed by atoms with Crippen LogP contribution in [0.4, 0.5) is 4.39 Å². The topological polar surface area (TPSA) is 70.4 Å². The van der Waals surface area contributed by atoms with E-state index in [0.717, 1.165) is 11.8 Å². The van der Waals surface area contributed by atoms with Crippen LogP contribution < -0.4 is 15.0 Å². The molecular formula is C25H17FN2O4S. The molecule has 0 N–H and O–H groups in total. The zero-order chi connectivity index (χ0) is 22.8. The number of thioether (sulfide) groups is 1. The molecule has 6 nitrogen and oxygen atoms in total. The predicted molar refractivity (Wildman–Crippen MR) is 123 cm³/mol. The number of Topliss-reactive ketones (excluding diaryl/α,β-unsaturated/α-hetero) is 1. The smallest absolute Gasteiger partial charge is 0.259 e. The molecule has 164 valence electrons. The highest BCUT2D eigenvalue weighted by molar-refractivity contribution is 7.99. The zero-order valence-corrected chi connectivity index (χ0v) is 18.0. The third-order valence-electron chi connectivity index (χ3n) is 5.07. The number of ether oxygens (including phenoxy) is 2. The van der Waals surface area contributed by atoms with Crippen LogP contribution in [0.25, 0.3) is 16.9 Å². The maximum Gasteiger partial charge on any atom is 0.259 e. The van der Waals surface area contributed by atoms with E-state index in [2.05, 4.69) is 0 Å². The van der Waals surface area contributed by atoms with Crippen LogP contribution in [0, 0.1) is 5.82 Å². The molecule has 0 saturated carbocycles. The van der Waals surface area contributed by atoms with Gasteiger partial charge in [0.2, 0.25) is 6.79 Å². The van der Waals surface area contributed by atoms with Crippen LogP contribution in [-0.2, 0) is 0 Å². The van der Waals surface area contributed by atoms with Gasteiger partial charge in [0.15, 0.2) is 22.4 Å². The van der Waals surface area contributed by atoms with Gasteiger partial charge >= 0.3 is 0 Å². The third kappa shape index (κ3) is 4.38. The molecule has 0 fully saturated rings. The lowest BCUT2D eigenvalue weighted by atomic mass is 10.1. The number of rotatable bonds is 6. The molecule has 3 aromatic carbocycles. The van der Waals surface area contributed by atoms with E-state index in [0.29, 0.717) is 39.2 Å². The Morgan fingerprint density at radius 2 is 1.73 bits per heavy atom. The number of carbonyl (C=O) groups excluding carboxylic acids is 1. The second-order valence-electron chi connectivity index (χ2n) is 7.22. The van der Waals surface area contributed by atoms with E-state index in [1.54, 1.807) is 30.3 Å². The van der Waals surface area contributed by atoms with Gasteiger partial charge in [0.05, 0.1) is 17.1 Å². The molecule has 0 radical (unpaired) electrons. The molecule has 5 rings (SSSR count). The van der Waals surface area contributed by atoms with Gasteiger partial charge in [-0.1, -0.05) is 30.0 Å². The molecule has 4 aromatic rings. The highest BCUT2D eigenvalue weighted by Crippen LogP contribution is 2.35. The molecule has 1 aliphatic rings. The summed E-state index contributed by atoms with van der Waals surface area (Å²) in [6, 6.07) is 21.3. The standard InChI is InChI=1S/C25H17FN2O4S/c26-18-9-6-16(7-10-18)21(29)14-33-25-27-20(17-8-11-22-23(12-17)32-15-31-22)13-24(30)28(25)19-4-2-1-3-5-19/h1-13H,14-15H2. The predicted octanol–water partition coefficient (Wildman–Crippen LogP) is 4.74. The van der Waals surface area contributed by atoms with Gasteiger partial charge in [-0.15, -0.1) is 0 Å². The highest BCUT2D eigenvalue weighted by atomic mass is 32.2. The van der Waals surface area contributed by atoms with E-state index in [1.165, 1.54) is 34.9 Å². The number of nitrogens with zero attached hydrogens (tertiary/aromatic N) is 2. The van der Waals surface area contributed by atoms with Crippen LogP contribution in [0.1, 0.15) is 10.4 Å². The van der Waals surface area contributed by atoms with Crippen molar-refractivity contribution < 1.29 is 18.7 Å². The Kier molecular flexibility index (Phi) is 5.66. The van der Waals surface area contributed by atoms with Crippen LogP contribution in [-0.4, -0.2) is 27.9 Å². The number of carbonyl (C=O) groups is 1. The van der Waals surface area contributed by atoms with E-state index >= 15 is 0 Å². The Balaban J connectivity index is 1.52. The van der Waals surface area contributed by atoms with Crippen molar-refractivity contribution >= 4 is 17.5 Å². The van der Waals surface area contributed by atoms with Crippen molar-refractivity contribution in [2.75, 3.05) is 12.5 Å². The molecule has 2 heterocycles. The first-order valence-corrected chi connectivity index (χ1v) is 11.1. The second kappa shape index (κ2) is 8.91. The van der Waals surface area contributed by atoms with Gasteiger partial charge in [-0.3, -0.25) is 14.2 Å². The van der Waals surface area contributed by atoms with Crippen LogP contribution >= 0.6 is 11.8 Å². The fraction of sp³-hybridized carbons (Fsp3) is 0.0800. The summed E-state index contributed by atoms with van der Waals surface area (Å²) in [6.07, 6.45) is 0. The van der Waals surface area contributed by atoms with Crippen LogP contribution in [0.15, 0.2) is 88.8 Å². The number of para-hydroxylation sites is 1. The zero-order valence-electron chi connectivity index (χ0n) is 17.2. The molecule has 0 atom stereocenters. The molecule has 1 aliphatic heterocycles. The molecule has 1 aromatic heterocycles. The molecule has 0 spiro atoms. The lowest BCUT2D eigenvalue weighted by Crippen LogP contribution is -2.21. The fourth-order valence-corrected chi connectivity index (χ4v) is 4.34. The van der Waals surface area contributed by atoms with Gasteiger partial charge in [0.25, 0.3) is 5.56 Å². The number of benzene rings is 3. The largest absolute Gasteiger partial charge is 0.454 e. The third-order valence-corrected chi connectivity index (χ3v) is 6.01. The summed E-state index contributed by atoms with van der Waals surface area (Å²) in [4.78, 5) is 30.5. The van der Waals surface area contributed by atoms with E-state index in [1.807, 2.05) is 18.2 Å². The van der Waals surface area contributed by atoms with Crippen molar-refractivity contribution in [1.82, 2.24) is 9.55 Å². The van der Waals surface area contributed by atoms with Gasteiger partial charge in [0, 0.05) is 17.2 Å². The van der Waals surface area contributed by atoms with Crippen LogP contribution in [0.5, 0.6) is 11.5 Å². The Morgan fingerprint density at radius 3 is 2.52 bits per heavy atom. The number of hydrogen-bond acceptors (Lipinski definition) is 6. The van der Waals surface area contributed by atoms with Crippen molar-refractivity contribution in [3.05, 3.63) is 101 Å². The maximum atomic E-state index is 13.2. The SMILES string of the molecule is O=C(CSc1nc(-c2ccc3c(c2)OCO3)cc(=O)n1-c1ccccc1)c1ccc(F)cc1. The Morgan fingerprint density at radius 1 is 0.970 bits per heavy atom. The quantitative estimate of drug-likeness (QED) is 0.235. The maximum absolute atomic E-state index is 13.2. The lowest BCUT2D eigenvalue weighted by molar-refractivity contribution is 0.102. The van der Waals surface area contributed by atoms with E-state index in [4.69, 9.17) is 14.5 Å². The minimum Gasteiger partial charge on any atom is -0.454 e. The van der Waals surface area contributed by atoms with Crippen molar-refractivity contribution in [2.45, 2.75) is 5.16 Å². The molecule has 0 saturated heterocycles. The Hall–Kier alpha value is -3.91. The first-order chi connectivity index (χ1) is 16.1. The van der Waals surface area contributed by atoms with Gasteiger partial charge in [0.1, 0.15) is 5.82 Å². The summed E-state index contributed by atoms with van der Waals surface area (Å²) >= 11 is 1.15. The highest BCUT2D eigenvalue weighted by Gasteiger charge is 2.18. The lowest BCUT2D eigenvalue weighted by Gasteiger charge is -2.13. The van der Waals surface area contributed by atoms with E-state index in [9.17, 15) is 14.0 Å². The Bertz CT molecular complexity index is 1390. The Labute approximate surface area is 192 Å². The van der Waals surface area contributed by atoms with Crippen molar-refractivity contribution in [3.63, 3.8) is 0 Å². The molecule has 0 bridgehead atoms. The summed E-state index contributed by atoms with van der Waals surface area (Å²) in [5.41, 5.74) is 1.92. The summed E-state index contributed by atoms with van der Waals surface area (Å²) in [5.74, 6) is 0.658. The second-order valence-corrected chi connectivity index (χ2v) is 8.16. The minimum absolute atomic E-state index is 0.0372. The normalized spacial score (nSPS) is 12.0. The summed E-state index contributed by atoms with van der Waals surface area (Å²) < 4.78 is 25.5. The van der Waals surface area contributed by atoms with Gasteiger partial charge in [-0.05, 0) is 54.6 Å². The summed E-state index contributed by atoms with van der Waals surface area (Å²) in [6.45, 7) is 0.147. The average molecular weight is 460 g/mol. The van der Waals surface area contributed by atoms with Crippen molar-refractivity contribution in [1.29, 1.82) is 0 Å². The molecule has 33 heavy (non-hydrogen) atoms. The molecule has 0 aliphatic carbocycles. The van der Waals surface area contributed by atoms with E-state index in [-0.39, 0.29) is 23.9 Å². The molecule has 0 amide bonds. The average Bonchev–Trinajstić information content (AvgIpc) is 3.31. The van der Waals surface area contributed by atoms with Gasteiger partial charge < -0.3 is 9.47 Å². The van der Waals surface area contributed by atoms with Crippen molar-refractivity contribution in [2.24, 2.45) is 0 Å². The van der Waals surface area contributed by atoms with Crippen LogP contribution in [0.2, 0.25) is 0 Å². The van der Waals surface area contributed by atoms with E-state index < -0.39 is 5.82 Å². The molecule has 0 unspecified atom stereocenters. The summed E-state index contributed by atoms with van der Waals surface area (Å²) in [7, 11) is 0. The van der Waals surface area contributed by atoms with Crippen molar-refractivity contribution in [3.8, 4) is 28.4 Å². The first-order valence-electron chi connectivity index (χ1n) is 10.1. The minimum atomic E-state index is -0.407. The summed E-state index contributed by atoms with van der Waals surface area (Å²) in [5, 5.41) is 0.372. The molecule has 8 heteroatoms. The van der Waals surface area contributed by atoms with Gasteiger partial charge in [-0.2, -0.15) is 0 Å². The fourth-order valence-electron chi connectivity index (χ4n) is 3.43. The van der Waals surface area contributed by atoms with Gasteiger partial charge in [-0.25, -0.2) is 9.37 Å². The molecular weight excluding hydrogens is 443 g/mol. The first kappa shape index (κ1) is 21.0.